The summed E-state index contributed by atoms with van der Waals surface area (Å²) in [5.41, 5.74) is 2.24. The van der Waals surface area contributed by atoms with Crippen molar-refractivity contribution in [3.8, 4) is 5.19 Å². The van der Waals surface area contributed by atoms with E-state index in [0.29, 0.717) is 11.8 Å². The summed E-state index contributed by atoms with van der Waals surface area (Å²) in [6.07, 6.45) is 3.28. The molecule has 0 fully saturated rings. The van der Waals surface area contributed by atoms with Crippen molar-refractivity contribution < 1.29 is 9.15 Å². The van der Waals surface area contributed by atoms with E-state index in [9.17, 15) is 0 Å². The number of furan rings is 1. The van der Waals surface area contributed by atoms with Gasteiger partial charge in [-0.3, -0.25) is 0 Å². The van der Waals surface area contributed by atoms with Gasteiger partial charge in [0.05, 0.1) is 12.5 Å². The van der Waals surface area contributed by atoms with Crippen molar-refractivity contribution in [3.05, 3.63) is 60.1 Å². The zero-order chi connectivity index (χ0) is 13.6. The third-order valence-electron chi connectivity index (χ3n) is 2.54. The summed E-state index contributed by atoms with van der Waals surface area (Å²) in [6, 6.07) is 12.1. The molecule has 0 aliphatic carbocycles. The SMILES string of the molecule is c1ccc(CSc2nsc(OCc3ccoc3)n2)cc1. The van der Waals surface area contributed by atoms with Crippen molar-refractivity contribution in [1.82, 2.24) is 9.36 Å². The first-order chi connectivity index (χ1) is 9.90. The van der Waals surface area contributed by atoms with E-state index in [2.05, 4.69) is 21.5 Å². The van der Waals surface area contributed by atoms with Crippen LogP contribution >= 0.6 is 23.3 Å². The molecule has 3 aromatic rings. The van der Waals surface area contributed by atoms with Crippen LogP contribution in [0.1, 0.15) is 11.1 Å². The molecule has 0 N–H and O–H groups in total. The molecule has 0 atom stereocenters. The summed E-state index contributed by atoms with van der Waals surface area (Å²) in [7, 11) is 0. The standard InChI is InChI=1S/C14H12N2O2S2/c1-2-4-11(5-3-1)10-19-13-15-14(20-16-13)18-9-12-6-7-17-8-12/h1-8H,9-10H2. The van der Waals surface area contributed by atoms with E-state index >= 15 is 0 Å². The zero-order valence-corrected chi connectivity index (χ0v) is 12.2. The van der Waals surface area contributed by atoms with Gasteiger partial charge in [-0.25, -0.2) is 0 Å². The van der Waals surface area contributed by atoms with Crippen LogP contribution in [0.2, 0.25) is 0 Å². The molecule has 0 bridgehead atoms. The van der Waals surface area contributed by atoms with Gasteiger partial charge in [0.1, 0.15) is 6.61 Å². The zero-order valence-electron chi connectivity index (χ0n) is 10.6. The summed E-state index contributed by atoms with van der Waals surface area (Å²) in [6.45, 7) is 0.453. The number of nitrogens with zero attached hydrogens (tertiary/aromatic N) is 2. The third-order valence-corrected chi connectivity index (χ3v) is 4.21. The highest BCUT2D eigenvalue weighted by Crippen LogP contribution is 2.25. The molecule has 0 amide bonds. The Kier molecular flexibility index (Phi) is 4.35. The fraction of sp³-hybridized carbons (Fsp3) is 0.143. The molecule has 0 saturated heterocycles. The van der Waals surface area contributed by atoms with Gasteiger partial charge in [0.25, 0.3) is 5.19 Å². The van der Waals surface area contributed by atoms with Crippen molar-refractivity contribution in [3.63, 3.8) is 0 Å². The van der Waals surface area contributed by atoms with Crippen LogP contribution in [-0.4, -0.2) is 9.36 Å². The molecule has 4 nitrogen and oxygen atoms in total. The average Bonchev–Trinajstić information content (AvgIpc) is 3.16. The lowest BCUT2D eigenvalue weighted by atomic mass is 10.2. The van der Waals surface area contributed by atoms with Gasteiger partial charge in [-0.2, -0.15) is 9.36 Å². The van der Waals surface area contributed by atoms with E-state index in [4.69, 9.17) is 9.15 Å². The maximum Gasteiger partial charge on any atom is 0.294 e. The molecule has 2 aromatic heterocycles. The van der Waals surface area contributed by atoms with Crippen molar-refractivity contribution in [2.45, 2.75) is 17.5 Å². The van der Waals surface area contributed by atoms with E-state index < -0.39 is 0 Å². The lowest BCUT2D eigenvalue weighted by Gasteiger charge is -1.98. The van der Waals surface area contributed by atoms with Crippen molar-refractivity contribution in [2.24, 2.45) is 0 Å². The van der Waals surface area contributed by atoms with Crippen LogP contribution in [0.15, 0.2) is 58.5 Å². The number of hydrogen-bond donors (Lipinski definition) is 0. The molecule has 6 heteroatoms. The Morgan fingerprint density at radius 2 is 2.05 bits per heavy atom. The number of aromatic nitrogens is 2. The number of benzene rings is 1. The molecular weight excluding hydrogens is 292 g/mol. The lowest BCUT2D eigenvalue weighted by molar-refractivity contribution is 0.301. The van der Waals surface area contributed by atoms with E-state index in [1.807, 2.05) is 24.3 Å². The molecule has 20 heavy (non-hydrogen) atoms. The molecule has 0 aliphatic rings. The number of hydrogen-bond acceptors (Lipinski definition) is 6. The molecule has 0 aliphatic heterocycles. The third kappa shape index (κ3) is 3.61. The second-order valence-electron chi connectivity index (χ2n) is 4.04. The monoisotopic (exact) mass is 304 g/mol. The van der Waals surface area contributed by atoms with Gasteiger partial charge in [-0.05, 0) is 11.6 Å². The van der Waals surface area contributed by atoms with Crippen LogP contribution in [0.25, 0.3) is 0 Å². The normalized spacial score (nSPS) is 10.6. The molecule has 0 radical (unpaired) electrons. The second kappa shape index (κ2) is 6.58. The molecule has 102 valence electrons. The quantitative estimate of drug-likeness (QED) is 0.644. The smallest absolute Gasteiger partial charge is 0.294 e. The van der Waals surface area contributed by atoms with E-state index in [-0.39, 0.29) is 0 Å². The molecule has 1 aromatic carbocycles. The van der Waals surface area contributed by atoms with E-state index in [1.54, 1.807) is 24.3 Å². The predicted octanol–water partition coefficient (Wildman–Crippen LogP) is 4.00. The molecular formula is C14H12N2O2S2. The van der Waals surface area contributed by atoms with Crippen LogP contribution in [0.3, 0.4) is 0 Å². The first-order valence-electron chi connectivity index (χ1n) is 6.04. The van der Waals surface area contributed by atoms with Crippen molar-refractivity contribution in [2.75, 3.05) is 0 Å². The Bertz CT molecular complexity index is 638. The molecule has 0 spiro atoms. The fourth-order valence-electron chi connectivity index (χ4n) is 1.56. The highest BCUT2D eigenvalue weighted by atomic mass is 32.2. The van der Waals surface area contributed by atoms with Crippen LogP contribution in [0, 0.1) is 0 Å². The van der Waals surface area contributed by atoms with E-state index in [1.165, 1.54) is 17.1 Å². The van der Waals surface area contributed by atoms with Gasteiger partial charge in [0, 0.05) is 22.8 Å². The lowest BCUT2D eigenvalue weighted by Crippen LogP contribution is -1.92. The molecule has 0 saturated carbocycles. The van der Waals surface area contributed by atoms with Crippen LogP contribution in [0.5, 0.6) is 5.19 Å². The largest absolute Gasteiger partial charge is 0.472 e. The first kappa shape index (κ1) is 13.2. The van der Waals surface area contributed by atoms with Crippen LogP contribution in [0.4, 0.5) is 0 Å². The van der Waals surface area contributed by atoms with Crippen molar-refractivity contribution in [1.29, 1.82) is 0 Å². The van der Waals surface area contributed by atoms with Gasteiger partial charge < -0.3 is 9.15 Å². The van der Waals surface area contributed by atoms with Gasteiger partial charge in [0.2, 0.25) is 5.16 Å². The summed E-state index contributed by atoms with van der Waals surface area (Å²) in [4.78, 5) is 4.34. The first-order valence-corrected chi connectivity index (χ1v) is 7.80. The van der Waals surface area contributed by atoms with Gasteiger partial charge >= 0.3 is 0 Å². The Balaban J connectivity index is 1.51. The summed E-state index contributed by atoms with van der Waals surface area (Å²) >= 11 is 2.88. The Morgan fingerprint density at radius 1 is 1.15 bits per heavy atom. The molecule has 0 unspecified atom stereocenters. The highest BCUT2D eigenvalue weighted by Gasteiger charge is 2.06. The molecule has 2 heterocycles. The maximum atomic E-state index is 5.55. The van der Waals surface area contributed by atoms with Gasteiger partial charge in [-0.1, -0.05) is 42.1 Å². The molecule has 3 rings (SSSR count). The number of rotatable bonds is 6. The minimum atomic E-state index is 0.453. The van der Waals surface area contributed by atoms with Gasteiger partial charge in [-0.15, -0.1) is 0 Å². The number of thioether (sulfide) groups is 1. The Hall–Kier alpha value is -1.79. The van der Waals surface area contributed by atoms with E-state index in [0.717, 1.165) is 16.5 Å². The Morgan fingerprint density at radius 3 is 2.85 bits per heavy atom. The Labute approximate surface area is 125 Å². The van der Waals surface area contributed by atoms with Gasteiger partial charge in [0.15, 0.2) is 0 Å². The highest BCUT2D eigenvalue weighted by molar-refractivity contribution is 7.98. The minimum absolute atomic E-state index is 0.453. The topological polar surface area (TPSA) is 48.2 Å². The summed E-state index contributed by atoms with van der Waals surface area (Å²) in [5, 5.41) is 1.34. The summed E-state index contributed by atoms with van der Waals surface area (Å²) < 4.78 is 14.8. The predicted molar refractivity (Wildman–Crippen MR) is 79.0 cm³/mol. The fourth-order valence-corrected chi connectivity index (χ4v) is 3.01. The maximum absolute atomic E-state index is 5.55. The second-order valence-corrected chi connectivity index (χ2v) is 5.69. The summed E-state index contributed by atoms with van der Waals surface area (Å²) in [5.74, 6) is 0.860. The minimum Gasteiger partial charge on any atom is -0.472 e. The van der Waals surface area contributed by atoms with Crippen LogP contribution in [-0.2, 0) is 12.4 Å². The number of ether oxygens (including phenoxy) is 1. The van der Waals surface area contributed by atoms with Crippen LogP contribution < -0.4 is 4.74 Å². The van der Waals surface area contributed by atoms with Crippen molar-refractivity contribution >= 4 is 23.3 Å². The average molecular weight is 304 g/mol.